The Morgan fingerprint density at radius 1 is 1.38 bits per heavy atom. The molecule has 3 nitrogen and oxygen atoms in total. The maximum Gasteiger partial charge on any atom is 0.128 e. The van der Waals surface area contributed by atoms with E-state index in [4.69, 9.17) is 0 Å². The molecule has 2 N–H and O–H groups in total. The molecule has 0 bridgehead atoms. The molecule has 0 aromatic carbocycles. The molecule has 0 radical (unpaired) electrons. The fraction of sp³-hybridized carbons (Fsp3) is 0.583. The van der Waals surface area contributed by atoms with Crippen LogP contribution in [-0.2, 0) is 0 Å². The van der Waals surface area contributed by atoms with Crippen molar-refractivity contribution in [1.82, 2.24) is 4.98 Å². The molecule has 1 heterocycles. The third-order valence-electron chi connectivity index (χ3n) is 2.30. The molecular formula is C12H21N3S. The van der Waals surface area contributed by atoms with Gasteiger partial charge in [-0.05, 0) is 37.0 Å². The maximum atomic E-state index is 4.43. The first-order chi connectivity index (χ1) is 7.76. The van der Waals surface area contributed by atoms with E-state index in [2.05, 4.69) is 29.5 Å². The predicted molar refractivity (Wildman–Crippen MR) is 74.5 cm³/mol. The highest BCUT2D eigenvalue weighted by molar-refractivity contribution is 7.99. The number of anilines is 2. The van der Waals surface area contributed by atoms with Crippen molar-refractivity contribution in [2.75, 3.05) is 29.2 Å². The second-order valence-corrected chi connectivity index (χ2v) is 5.08. The minimum Gasteiger partial charge on any atom is -0.373 e. The largest absolute Gasteiger partial charge is 0.373 e. The van der Waals surface area contributed by atoms with Crippen molar-refractivity contribution in [3.63, 3.8) is 0 Å². The maximum absolute atomic E-state index is 4.43. The minimum atomic E-state index is 0.471. The topological polar surface area (TPSA) is 37.0 Å². The van der Waals surface area contributed by atoms with E-state index >= 15 is 0 Å². The van der Waals surface area contributed by atoms with Gasteiger partial charge in [0.1, 0.15) is 11.6 Å². The van der Waals surface area contributed by atoms with Gasteiger partial charge >= 0.3 is 0 Å². The molecule has 1 rings (SSSR count). The van der Waals surface area contributed by atoms with Crippen molar-refractivity contribution in [3.05, 3.63) is 18.2 Å². The Morgan fingerprint density at radius 3 is 2.81 bits per heavy atom. The highest BCUT2D eigenvalue weighted by Gasteiger charge is 2.02. The summed E-state index contributed by atoms with van der Waals surface area (Å²) in [7, 11) is 1.88. The fourth-order valence-corrected chi connectivity index (χ4v) is 2.19. The van der Waals surface area contributed by atoms with Crippen molar-refractivity contribution < 1.29 is 0 Å². The molecule has 1 aromatic heterocycles. The van der Waals surface area contributed by atoms with E-state index in [9.17, 15) is 0 Å². The molecule has 0 spiro atoms. The number of hydrogen-bond donors (Lipinski definition) is 2. The van der Waals surface area contributed by atoms with Gasteiger partial charge in [0.05, 0.1) is 0 Å². The normalized spacial score (nSPS) is 12.2. The highest BCUT2D eigenvalue weighted by atomic mass is 32.2. The summed E-state index contributed by atoms with van der Waals surface area (Å²) >= 11 is 1.98. The van der Waals surface area contributed by atoms with E-state index in [0.29, 0.717) is 6.04 Å². The number of rotatable bonds is 7. The average Bonchev–Trinajstić information content (AvgIpc) is 2.29. The summed E-state index contributed by atoms with van der Waals surface area (Å²) < 4.78 is 0. The van der Waals surface area contributed by atoms with Gasteiger partial charge < -0.3 is 10.6 Å². The van der Waals surface area contributed by atoms with E-state index in [1.165, 1.54) is 17.9 Å². The van der Waals surface area contributed by atoms with Crippen LogP contribution in [0.3, 0.4) is 0 Å². The number of pyridine rings is 1. The molecule has 90 valence electrons. The van der Waals surface area contributed by atoms with Crippen molar-refractivity contribution in [2.45, 2.75) is 26.3 Å². The smallest absolute Gasteiger partial charge is 0.128 e. The van der Waals surface area contributed by atoms with Gasteiger partial charge in [0.15, 0.2) is 0 Å². The lowest BCUT2D eigenvalue weighted by Crippen LogP contribution is -2.17. The van der Waals surface area contributed by atoms with Crippen molar-refractivity contribution >= 4 is 23.4 Å². The molecule has 1 unspecified atom stereocenters. The zero-order chi connectivity index (χ0) is 11.8. The average molecular weight is 239 g/mol. The lowest BCUT2D eigenvalue weighted by Gasteiger charge is -2.14. The molecule has 4 heteroatoms. The first-order valence-electron chi connectivity index (χ1n) is 5.75. The van der Waals surface area contributed by atoms with Gasteiger partial charge in [0, 0.05) is 13.1 Å². The van der Waals surface area contributed by atoms with E-state index in [1.807, 2.05) is 37.0 Å². The molecule has 0 saturated carbocycles. The van der Waals surface area contributed by atoms with Crippen LogP contribution in [0.1, 0.15) is 20.3 Å². The number of nitrogens with one attached hydrogen (secondary N) is 2. The van der Waals surface area contributed by atoms with Gasteiger partial charge in [-0.25, -0.2) is 4.98 Å². The SMILES string of the molecule is CCSCCC(C)Nc1cccc(NC)n1. The lowest BCUT2D eigenvalue weighted by atomic mass is 10.2. The summed E-state index contributed by atoms with van der Waals surface area (Å²) in [4.78, 5) is 4.43. The summed E-state index contributed by atoms with van der Waals surface area (Å²) in [5, 5.41) is 6.45. The third-order valence-corrected chi connectivity index (χ3v) is 3.23. The Labute approximate surface area is 102 Å². The second kappa shape index (κ2) is 7.39. The van der Waals surface area contributed by atoms with Crippen LogP contribution in [0, 0.1) is 0 Å². The molecule has 0 aliphatic carbocycles. The van der Waals surface area contributed by atoms with Gasteiger partial charge in [-0.1, -0.05) is 13.0 Å². The van der Waals surface area contributed by atoms with Gasteiger partial charge in [-0.3, -0.25) is 0 Å². The number of aromatic nitrogens is 1. The summed E-state index contributed by atoms with van der Waals surface area (Å²) in [5.74, 6) is 4.25. The van der Waals surface area contributed by atoms with Gasteiger partial charge in [0.25, 0.3) is 0 Å². The van der Waals surface area contributed by atoms with Crippen LogP contribution in [-0.4, -0.2) is 29.6 Å². The Balaban J connectivity index is 2.39. The first-order valence-corrected chi connectivity index (χ1v) is 6.90. The van der Waals surface area contributed by atoms with Crippen LogP contribution in [0.4, 0.5) is 11.6 Å². The first kappa shape index (κ1) is 13.2. The molecule has 0 fully saturated rings. The van der Waals surface area contributed by atoms with E-state index in [-0.39, 0.29) is 0 Å². The van der Waals surface area contributed by atoms with Crippen LogP contribution in [0.25, 0.3) is 0 Å². The quantitative estimate of drug-likeness (QED) is 0.717. The molecule has 0 amide bonds. The summed E-state index contributed by atoms with van der Waals surface area (Å²) in [6.07, 6.45) is 1.17. The number of nitrogens with zero attached hydrogens (tertiary/aromatic N) is 1. The van der Waals surface area contributed by atoms with Crippen LogP contribution in [0.15, 0.2) is 18.2 Å². The molecule has 0 aliphatic heterocycles. The van der Waals surface area contributed by atoms with Gasteiger partial charge in [-0.2, -0.15) is 11.8 Å². The Morgan fingerprint density at radius 2 is 2.12 bits per heavy atom. The van der Waals surface area contributed by atoms with Crippen molar-refractivity contribution in [3.8, 4) is 0 Å². The molecule has 0 aliphatic rings. The third kappa shape index (κ3) is 4.75. The summed E-state index contributed by atoms with van der Waals surface area (Å²) in [6.45, 7) is 4.39. The molecule has 16 heavy (non-hydrogen) atoms. The van der Waals surface area contributed by atoms with Gasteiger partial charge in [-0.15, -0.1) is 0 Å². The fourth-order valence-electron chi connectivity index (χ4n) is 1.38. The molecule has 1 atom stereocenters. The van der Waals surface area contributed by atoms with E-state index in [0.717, 1.165) is 11.6 Å². The number of hydrogen-bond acceptors (Lipinski definition) is 4. The lowest BCUT2D eigenvalue weighted by molar-refractivity contribution is 0.767. The molecular weight excluding hydrogens is 218 g/mol. The van der Waals surface area contributed by atoms with Crippen LogP contribution in [0.2, 0.25) is 0 Å². The van der Waals surface area contributed by atoms with Crippen molar-refractivity contribution in [2.24, 2.45) is 0 Å². The van der Waals surface area contributed by atoms with Crippen LogP contribution >= 0.6 is 11.8 Å². The predicted octanol–water partition coefficient (Wildman–Crippen LogP) is 3.07. The second-order valence-electron chi connectivity index (χ2n) is 3.69. The minimum absolute atomic E-state index is 0.471. The standard InChI is InChI=1S/C12H21N3S/c1-4-16-9-8-10(2)14-12-7-5-6-11(13-3)15-12/h5-7,10H,4,8-9H2,1-3H3,(H2,13,14,15). The highest BCUT2D eigenvalue weighted by Crippen LogP contribution is 2.12. The summed E-state index contributed by atoms with van der Waals surface area (Å²) in [6, 6.07) is 6.44. The Kier molecular flexibility index (Phi) is 6.08. The molecule has 1 aromatic rings. The number of thioether (sulfide) groups is 1. The monoisotopic (exact) mass is 239 g/mol. The van der Waals surface area contributed by atoms with Crippen LogP contribution < -0.4 is 10.6 Å². The summed E-state index contributed by atoms with van der Waals surface area (Å²) in [5.41, 5.74) is 0. The zero-order valence-corrected chi connectivity index (χ0v) is 11.1. The van der Waals surface area contributed by atoms with E-state index in [1.54, 1.807) is 0 Å². The van der Waals surface area contributed by atoms with Gasteiger partial charge in [0.2, 0.25) is 0 Å². The van der Waals surface area contributed by atoms with Crippen molar-refractivity contribution in [1.29, 1.82) is 0 Å². The Hall–Kier alpha value is -0.900. The molecule has 0 saturated heterocycles. The van der Waals surface area contributed by atoms with E-state index < -0.39 is 0 Å². The zero-order valence-electron chi connectivity index (χ0n) is 10.3. The Bertz CT molecular complexity index is 304. The van der Waals surface area contributed by atoms with Crippen LogP contribution in [0.5, 0.6) is 0 Å².